The van der Waals surface area contributed by atoms with Gasteiger partial charge in [-0.1, -0.05) is 6.07 Å². The van der Waals surface area contributed by atoms with Gasteiger partial charge in [-0.05, 0) is 43.7 Å². The van der Waals surface area contributed by atoms with E-state index in [1.807, 2.05) is 0 Å². The summed E-state index contributed by atoms with van der Waals surface area (Å²) in [5, 5.41) is 11.5. The number of rotatable bonds is 7. The minimum Gasteiger partial charge on any atom is -0.503 e. The zero-order chi connectivity index (χ0) is 23.0. The standard InChI is InChI=1S/C23H22N2O6S/c1-12-22(32-13(2)24-12)20(26)18-19(14-7-8-16(29-3)17(10-14)30-4)25(23(28)21(18)27)11-15-6-5-9-31-15/h5-10,19,27H,11H2,1-4H3. The summed E-state index contributed by atoms with van der Waals surface area (Å²) in [5.41, 5.74) is 1.15. The first-order valence-corrected chi connectivity index (χ1v) is 10.6. The molecule has 0 saturated carbocycles. The summed E-state index contributed by atoms with van der Waals surface area (Å²) in [6.07, 6.45) is 1.50. The summed E-state index contributed by atoms with van der Waals surface area (Å²) in [6.45, 7) is 3.61. The maximum atomic E-state index is 13.5. The second kappa shape index (κ2) is 8.51. The lowest BCUT2D eigenvalue weighted by Crippen LogP contribution is -2.30. The van der Waals surface area contributed by atoms with Crippen molar-refractivity contribution in [3.05, 3.63) is 74.8 Å². The monoisotopic (exact) mass is 454 g/mol. The summed E-state index contributed by atoms with van der Waals surface area (Å²) in [6, 6.07) is 7.73. The molecule has 1 unspecified atom stereocenters. The molecule has 1 N–H and O–H groups in total. The number of hydrogen-bond acceptors (Lipinski definition) is 8. The Kier molecular flexibility index (Phi) is 5.75. The van der Waals surface area contributed by atoms with Crippen LogP contribution in [0, 0.1) is 13.8 Å². The molecule has 4 rings (SSSR count). The Balaban J connectivity index is 1.85. The number of Topliss-reactive ketones (excluding diaryl/α,β-unsaturated/α-hetero) is 1. The molecule has 166 valence electrons. The highest BCUT2D eigenvalue weighted by molar-refractivity contribution is 7.14. The Bertz CT molecular complexity index is 1210. The number of carbonyl (C=O) groups is 2. The van der Waals surface area contributed by atoms with E-state index in [4.69, 9.17) is 13.9 Å². The number of nitrogens with zero attached hydrogens (tertiary/aromatic N) is 2. The van der Waals surface area contributed by atoms with Crippen LogP contribution in [0.15, 0.2) is 52.3 Å². The zero-order valence-corrected chi connectivity index (χ0v) is 18.9. The van der Waals surface area contributed by atoms with Gasteiger partial charge in [-0.3, -0.25) is 9.59 Å². The van der Waals surface area contributed by atoms with Gasteiger partial charge in [0.05, 0.1) is 54.2 Å². The highest BCUT2D eigenvalue weighted by Crippen LogP contribution is 2.43. The van der Waals surface area contributed by atoms with E-state index in [1.165, 1.54) is 36.7 Å². The molecule has 3 aromatic rings. The van der Waals surface area contributed by atoms with Crippen molar-refractivity contribution >= 4 is 23.0 Å². The molecule has 1 amide bonds. The van der Waals surface area contributed by atoms with Gasteiger partial charge in [-0.2, -0.15) is 0 Å². The van der Waals surface area contributed by atoms with E-state index < -0.39 is 23.5 Å². The maximum absolute atomic E-state index is 13.5. The fourth-order valence-corrected chi connectivity index (χ4v) is 4.73. The Labute approximate surface area is 188 Å². The number of ether oxygens (including phenoxy) is 2. The second-order valence-electron chi connectivity index (χ2n) is 7.27. The molecule has 0 bridgehead atoms. The van der Waals surface area contributed by atoms with Gasteiger partial charge in [0.15, 0.2) is 17.3 Å². The van der Waals surface area contributed by atoms with Gasteiger partial charge < -0.3 is 23.9 Å². The van der Waals surface area contributed by atoms with Crippen molar-refractivity contribution in [1.29, 1.82) is 0 Å². The lowest BCUT2D eigenvalue weighted by atomic mass is 9.94. The second-order valence-corrected chi connectivity index (χ2v) is 8.47. The number of methoxy groups -OCH3 is 2. The van der Waals surface area contributed by atoms with E-state index >= 15 is 0 Å². The van der Waals surface area contributed by atoms with E-state index in [2.05, 4.69) is 4.98 Å². The molecule has 1 atom stereocenters. The third-order valence-electron chi connectivity index (χ3n) is 5.29. The van der Waals surface area contributed by atoms with Gasteiger partial charge in [0, 0.05) is 0 Å². The van der Waals surface area contributed by atoms with Crippen molar-refractivity contribution in [3.8, 4) is 11.5 Å². The number of aliphatic hydroxyl groups excluding tert-OH is 1. The number of furan rings is 1. The zero-order valence-electron chi connectivity index (χ0n) is 18.0. The molecule has 1 aliphatic heterocycles. The smallest absolute Gasteiger partial charge is 0.290 e. The molecule has 8 nitrogen and oxygen atoms in total. The normalized spacial score (nSPS) is 16.1. The van der Waals surface area contributed by atoms with Crippen LogP contribution in [-0.2, 0) is 11.3 Å². The predicted octanol–water partition coefficient (Wildman–Crippen LogP) is 4.15. The number of benzene rings is 1. The van der Waals surface area contributed by atoms with Crippen molar-refractivity contribution in [2.24, 2.45) is 0 Å². The van der Waals surface area contributed by atoms with Gasteiger partial charge in [0.1, 0.15) is 5.76 Å². The van der Waals surface area contributed by atoms with Crippen molar-refractivity contribution in [2.75, 3.05) is 14.2 Å². The van der Waals surface area contributed by atoms with Crippen LogP contribution in [0.1, 0.15) is 37.7 Å². The van der Waals surface area contributed by atoms with Crippen molar-refractivity contribution in [2.45, 2.75) is 26.4 Å². The first-order chi connectivity index (χ1) is 15.3. The number of hydrogen-bond donors (Lipinski definition) is 1. The predicted molar refractivity (Wildman–Crippen MR) is 117 cm³/mol. The Morgan fingerprint density at radius 1 is 1.22 bits per heavy atom. The molecule has 0 saturated heterocycles. The Morgan fingerprint density at radius 3 is 2.56 bits per heavy atom. The largest absolute Gasteiger partial charge is 0.503 e. The number of thiazole rings is 1. The number of ketones is 1. The summed E-state index contributed by atoms with van der Waals surface area (Å²) in [4.78, 5) is 32.7. The van der Waals surface area contributed by atoms with Gasteiger partial charge in [-0.25, -0.2) is 4.98 Å². The minimum absolute atomic E-state index is 0.000487. The van der Waals surface area contributed by atoms with Crippen LogP contribution in [0.5, 0.6) is 11.5 Å². The molecule has 32 heavy (non-hydrogen) atoms. The molecule has 0 spiro atoms. The number of amides is 1. The van der Waals surface area contributed by atoms with Crippen molar-refractivity contribution in [3.63, 3.8) is 0 Å². The van der Waals surface area contributed by atoms with E-state index in [1.54, 1.807) is 44.2 Å². The van der Waals surface area contributed by atoms with E-state index in [9.17, 15) is 14.7 Å². The molecule has 0 aliphatic carbocycles. The first kappa shape index (κ1) is 21.6. The lowest BCUT2D eigenvalue weighted by Gasteiger charge is -2.26. The molecule has 9 heteroatoms. The SMILES string of the molecule is COc1ccc(C2C(C(=O)c3sc(C)nc3C)=C(O)C(=O)N2Cc2ccco2)cc1OC. The summed E-state index contributed by atoms with van der Waals surface area (Å²) < 4.78 is 16.1. The average Bonchev–Trinajstić information content (AvgIpc) is 3.48. The van der Waals surface area contributed by atoms with Gasteiger partial charge in [0.25, 0.3) is 5.91 Å². The van der Waals surface area contributed by atoms with E-state index in [-0.39, 0.29) is 12.1 Å². The van der Waals surface area contributed by atoms with Gasteiger partial charge >= 0.3 is 0 Å². The summed E-state index contributed by atoms with van der Waals surface area (Å²) in [5.74, 6) is -0.183. The topological polar surface area (TPSA) is 102 Å². The molecular weight excluding hydrogens is 432 g/mol. The molecule has 1 aromatic carbocycles. The molecule has 3 heterocycles. The Hall–Kier alpha value is -3.59. The minimum atomic E-state index is -0.846. The third-order valence-corrected chi connectivity index (χ3v) is 6.36. The van der Waals surface area contributed by atoms with Crippen LogP contribution in [0.25, 0.3) is 0 Å². The number of aromatic nitrogens is 1. The van der Waals surface area contributed by atoms with Gasteiger partial charge in [0.2, 0.25) is 5.78 Å². The number of aliphatic hydroxyl groups is 1. The van der Waals surface area contributed by atoms with Crippen LogP contribution in [0.3, 0.4) is 0 Å². The van der Waals surface area contributed by atoms with Crippen LogP contribution >= 0.6 is 11.3 Å². The molecule has 2 aromatic heterocycles. The quantitative estimate of drug-likeness (QED) is 0.535. The van der Waals surface area contributed by atoms with Crippen molar-refractivity contribution in [1.82, 2.24) is 9.88 Å². The van der Waals surface area contributed by atoms with Gasteiger partial charge in [-0.15, -0.1) is 11.3 Å². The fraction of sp³-hybridized carbons (Fsp3) is 0.261. The highest BCUT2D eigenvalue weighted by Gasteiger charge is 2.45. The fourth-order valence-electron chi connectivity index (χ4n) is 3.85. The molecule has 0 fully saturated rings. The third kappa shape index (κ3) is 3.64. The Morgan fingerprint density at radius 2 is 1.97 bits per heavy atom. The molecule has 1 aliphatic rings. The average molecular weight is 455 g/mol. The lowest BCUT2D eigenvalue weighted by molar-refractivity contribution is -0.130. The van der Waals surface area contributed by atoms with Crippen molar-refractivity contribution < 1.29 is 28.6 Å². The molecule has 0 radical (unpaired) electrons. The first-order valence-electron chi connectivity index (χ1n) is 9.82. The van der Waals surface area contributed by atoms with Crippen LogP contribution in [0.2, 0.25) is 0 Å². The van der Waals surface area contributed by atoms with Crippen LogP contribution in [0.4, 0.5) is 0 Å². The summed E-state index contributed by atoms with van der Waals surface area (Å²) >= 11 is 1.23. The van der Waals surface area contributed by atoms with E-state index in [0.29, 0.717) is 33.4 Å². The number of carbonyl (C=O) groups excluding carboxylic acids is 2. The van der Waals surface area contributed by atoms with Crippen LogP contribution in [-0.4, -0.2) is 40.9 Å². The van der Waals surface area contributed by atoms with E-state index in [0.717, 1.165) is 5.01 Å². The molecular formula is C23H22N2O6S. The van der Waals surface area contributed by atoms with Crippen LogP contribution < -0.4 is 9.47 Å². The summed E-state index contributed by atoms with van der Waals surface area (Å²) in [7, 11) is 3.03. The number of aryl methyl sites for hydroxylation is 2. The highest BCUT2D eigenvalue weighted by atomic mass is 32.1. The maximum Gasteiger partial charge on any atom is 0.290 e.